The van der Waals surface area contributed by atoms with E-state index < -0.39 is 50.0 Å². The summed E-state index contributed by atoms with van der Waals surface area (Å²) in [6, 6.07) is 19.3. The predicted molar refractivity (Wildman–Crippen MR) is 153 cm³/mol. The van der Waals surface area contributed by atoms with Crippen molar-refractivity contribution >= 4 is 30.8 Å². The van der Waals surface area contributed by atoms with E-state index in [-0.39, 0.29) is 11.6 Å². The predicted octanol–water partition coefficient (Wildman–Crippen LogP) is 4.15. The normalized spacial score (nSPS) is 20.2. The Hall–Kier alpha value is -2.72. The van der Waals surface area contributed by atoms with Crippen LogP contribution in [0.1, 0.15) is 55.4 Å². The van der Waals surface area contributed by atoms with Crippen LogP contribution in [0.15, 0.2) is 60.7 Å². The van der Waals surface area contributed by atoms with E-state index >= 15 is 0 Å². The molecule has 1 aliphatic rings. The Balaban J connectivity index is 2.00. The fourth-order valence-electron chi connectivity index (χ4n) is 5.08. The Morgan fingerprint density at radius 3 is 1.87 bits per heavy atom. The molecule has 0 aromatic heterocycles. The van der Waals surface area contributed by atoms with Crippen molar-refractivity contribution in [3.05, 3.63) is 60.7 Å². The van der Waals surface area contributed by atoms with Crippen LogP contribution >= 0.6 is 0 Å². The molecule has 1 N–H and O–H groups in total. The molecule has 0 saturated carbocycles. The van der Waals surface area contributed by atoms with Crippen molar-refractivity contribution in [2.75, 3.05) is 13.7 Å². The lowest BCUT2D eigenvalue weighted by atomic mass is 10.1. The first-order chi connectivity index (χ1) is 18.1. The summed E-state index contributed by atoms with van der Waals surface area (Å²) in [6.07, 6.45) is -2.31. The van der Waals surface area contributed by atoms with Gasteiger partial charge in [-0.25, -0.2) is 9.59 Å². The summed E-state index contributed by atoms with van der Waals surface area (Å²) >= 11 is 0. The summed E-state index contributed by atoms with van der Waals surface area (Å²) in [5, 5.41) is 4.63. The summed E-state index contributed by atoms with van der Waals surface area (Å²) in [7, 11) is -1.63. The number of carbonyl (C=O) groups excluding carboxylic acids is 2. The number of rotatable bonds is 8. The van der Waals surface area contributed by atoms with E-state index in [1.807, 2.05) is 36.4 Å². The standard InChI is InChI=1S/C30H43NO7Si/c1-28(2,3)38-27(33)31-24(26(32)34-9)25-23(36-30(7,8)37-25)20-35-39(29(4,5)6,21-16-12-10-13-17-21)22-18-14-11-15-19-22/h10-19,23-25H,20H2,1-9H3,(H,31,33)/t23-,24+,25+/m0/s1. The third-order valence-electron chi connectivity index (χ3n) is 6.56. The van der Waals surface area contributed by atoms with E-state index in [1.54, 1.807) is 34.6 Å². The van der Waals surface area contributed by atoms with Crippen LogP contribution in [-0.2, 0) is 28.2 Å². The van der Waals surface area contributed by atoms with Crippen molar-refractivity contribution in [1.82, 2.24) is 5.32 Å². The molecule has 3 rings (SSSR count). The van der Waals surface area contributed by atoms with E-state index in [4.69, 9.17) is 23.4 Å². The molecule has 9 heteroatoms. The zero-order chi connectivity index (χ0) is 29.1. The molecule has 0 spiro atoms. The minimum Gasteiger partial charge on any atom is -0.467 e. The van der Waals surface area contributed by atoms with Gasteiger partial charge in [0.2, 0.25) is 0 Å². The van der Waals surface area contributed by atoms with Gasteiger partial charge in [0.15, 0.2) is 11.8 Å². The highest BCUT2D eigenvalue weighted by Crippen LogP contribution is 2.38. The van der Waals surface area contributed by atoms with Crippen LogP contribution in [0.25, 0.3) is 0 Å². The molecule has 39 heavy (non-hydrogen) atoms. The van der Waals surface area contributed by atoms with Crippen LogP contribution in [-0.4, -0.2) is 63.7 Å². The van der Waals surface area contributed by atoms with Gasteiger partial charge in [-0.05, 0) is 50.0 Å². The molecule has 0 unspecified atom stereocenters. The molecule has 1 fully saturated rings. The number of alkyl carbamates (subject to hydrolysis) is 1. The Labute approximate surface area is 233 Å². The van der Waals surface area contributed by atoms with Gasteiger partial charge < -0.3 is 28.7 Å². The van der Waals surface area contributed by atoms with Crippen LogP contribution in [0.3, 0.4) is 0 Å². The maximum Gasteiger partial charge on any atom is 0.408 e. The third kappa shape index (κ3) is 7.28. The van der Waals surface area contributed by atoms with Gasteiger partial charge in [-0.3, -0.25) is 0 Å². The Bertz CT molecular complexity index is 1070. The van der Waals surface area contributed by atoms with Crippen molar-refractivity contribution in [2.45, 2.75) is 90.1 Å². The van der Waals surface area contributed by atoms with Gasteiger partial charge in [0.25, 0.3) is 8.32 Å². The van der Waals surface area contributed by atoms with E-state index in [9.17, 15) is 9.59 Å². The first-order valence-corrected chi connectivity index (χ1v) is 15.2. The number of benzene rings is 2. The average Bonchev–Trinajstić information content (AvgIpc) is 3.16. The number of ether oxygens (including phenoxy) is 4. The highest BCUT2D eigenvalue weighted by molar-refractivity contribution is 6.99. The molecule has 1 heterocycles. The lowest BCUT2D eigenvalue weighted by Gasteiger charge is -2.43. The van der Waals surface area contributed by atoms with Gasteiger partial charge in [-0.2, -0.15) is 0 Å². The van der Waals surface area contributed by atoms with Crippen molar-refractivity contribution in [3.63, 3.8) is 0 Å². The van der Waals surface area contributed by atoms with Crippen molar-refractivity contribution in [3.8, 4) is 0 Å². The second-order valence-corrected chi connectivity index (χ2v) is 16.6. The topological polar surface area (TPSA) is 92.3 Å². The largest absolute Gasteiger partial charge is 0.467 e. The monoisotopic (exact) mass is 557 g/mol. The van der Waals surface area contributed by atoms with Crippen LogP contribution in [0, 0.1) is 0 Å². The van der Waals surface area contributed by atoms with Crippen molar-refractivity contribution in [1.29, 1.82) is 0 Å². The molecule has 0 bridgehead atoms. The average molecular weight is 558 g/mol. The molecule has 8 nitrogen and oxygen atoms in total. The van der Waals surface area contributed by atoms with Gasteiger partial charge in [0.1, 0.15) is 17.8 Å². The summed E-state index contributed by atoms with van der Waals surface area (Å²) in [4.78, 5) is 25.6. The lowest BCUT2D eigenvalue weighted by molar-refractivity contribution is -0.159. The number of carbonyl (C=O) groups is 2. The first-order valence-electron chi connectivity index (χ1n) is 13.3. The molecule has 2 aromatic carbocycles. The number of hydrogen-bond acceptors (Lipinski definition) is 7. The molecule has 0 aliphatic carbocycles. The molecule has 1 aliphatic heterocycles. The van der Waals surface area contributed by atoms with Gasteiger partial charge in [0, 0.05) is 0 Å². The Morgan fingerprint density at radius 2 is 1.44 bits per heavy atom. The molecule has 1 saturated heterocycles. The van der Waals surface area contributed by atoms with Crippen LogP contribution < -0.4 is 15.7 Å². The minimum absolute atomic E-state index is 0.130. The first kappa shape index (κ1) is 30.8. The summed E-state index contributed by atoms with van der Waals surface area (Å²) in [5.74, 6) is -1.69. The molecule has 214 valence electrons. The number of nitrogens with one attached hydrogen (secondary N) is 1. The van der Waals surface area contributed by atoms with Gasteiger partial charge in [-0.15, -0.1) is 0 Å². The van der Waals surface area contributed by atoms with Crippen molar-refractivity contribution in [2.24, 2.45) is 0 Å². The van der Waals surface area contributed by atoms with E-state index in [1.165, 1.54) is 7.11 Å². The van der Waals surface area contributed by atoms with E-state index in [2.05, 4.69) is 50.4 Å². The zero-order valence-electron chi connectivity index (χ0n) is 24.6. The highest BCUT2D eigenvalue weighted by Gasteiger charge is 2.53. The summed E-state index contributed by atoms with van der Waals surface area (Å²) < 4.78 is 30.0. The smallest absolute Gasteiger partial charge is 0.408 e. The van der Waals surface area contributed by atoms with Gasteiger partial charge >= 0.3 is 12.1 Å². The van der Waals surface area contributed by atoms with Crippen molar-refractivity contribution < 1.29 is 33.0 Å². The zero-order valence-corrected chi connectivity index (χ0v) is 25.6. The Morgan fingerprint density at radius 1 is 0.923 bits per heavy atom. The molecule has 1 amide bonds. The fraction of sp³-hybridized carbons (Fsp3) is 0.533. The quantitative estimate of drug-likeness (QED) is 0.385. The fourth-order valence-corrected chi connectivity index (χ4v) is 9.65. The minimum atomic E-state index is -2.89. The van der Waals surface area contributed by atoms with Crippen LogP contribution in [0.4, 0.5) is 4.79 Å². The molecule has 2 aromatic rings. The molecular formula is C30H43NO7Si. The lowest BCUT2D eigenvalue weighted by Crippen LogP contribution is -2.67. The van der Waals surface area contributed by atoms with Crippen LogP contribution in [0.5, 0.6) is 0 Å². The number of hydrogen-bond donors (Lipinski definition) is 1. The maximum atomic E-state index is 12.9. The van der Waals surface area contributed by atoms with Crippen LogP contribution in [0.2, 0.25) is 5.04 Å². The maximum absolute atomic E-state index is 12.9. The number of esters is 1. The molecule has 3 atom stereocenters. The molecular weight excluding hydrogens is 514 g/mol. The van der Waals surface area contributed by atoms with E-state index in [0.29, 0.717) is 0 Å². The summed E-state index contributed by atoms with van der Waals surface area (Å²) in [5.41, 5.74) is -0.747. The van der Waals surface area contributed by atoms with Gasteiger partial charge in [0.05, 0.1) is 13.7 Å². The highest BCUT2D eigenvalue weighted by atomic mass is 28.4. The van der Waals surface area contributed by atoms with Gasteiger partial charge in [-0.1, -0.05) is 81.4 Å². The SMILES string of the molecule is COC(=O)[C@H](NC(=O)OC(C)(C)C)[C@@H]1OC(C)(C)O[C@H]1CO[Si](c1ccccc1)(c1ccccc1)C(C)(C)C. The second kappa shape index (κ2) is 11.8. The Kier molecular flexibility index (Phi) is 9.32. The number of methoxy groups -OCH3 is 1. The van der Waals surface area contributed by atoms with E-state index in [0.717, 1.165) is 10.4 Å². The third-order valence-corrected chi connectivity index (χ3v) is 11.6. The summed E-state index contributed by atoms with van der Waals surface area (Å²) in [6.45, 7) is 15.5. The molecule has 0 radical (unpaired) electrons. The number of amides is 1. The second-order valence-electron chi connectivity index (χ2n) is 12.3.